The molecule has 0 aliphatic heterocycles. The summed E-state index contributed by atoms with van der Waals surface area (Å²) in [7, 11) is 2.65. The second-order valence-corrected chi connectivity index (χ2v) is 18.1. The van der Waals surface area contributed by atoms with E-state index in [2.05, 4.69) is 19.4 Å². The zero-order valence-corrected chi connectivity index (χ0v) is 41.6. The number of rotatable bonds is 14. The molecule has 0 amide bonds. The number of hydrogen-bond acceptors (Lipinski definition) is 13. The average Bonchev–Trinajstić information content (AvgIpc) is 3.85. The molecule has 0 aliphatic carbocycles. The standard InChI is InChI=1S/C26H24ClF3N4O6.C22H16ClF3N4O6.CH4/c1-25(2,3)40-19(35)14-34-22(36)20-21(32(4)24(34)37)31-23(33(20)13-15-8-10-16(27)11-9-15)38-17-6-5-7-18(12-17)39-26(28,29)30;1-28-18-17(19(33)30(21(28)34)11-16(31)32)29(10-12-5-7-13(23)8-6-12)20(27-18)35-14-3-2-4-15(9-14)36-22(24,25)26;/h5-12H,13-14H2,1-4H3;2-9H,10-11H2,1H3,(H,31,32);1H4. The fourth-order valence-corrected chi connectivity index (χ4v) is 7.55. The Kier molecular flexibility index (Phi) is 17.1. The van der Waals surface area contributed by atoms with E-state index in [0.29, 0.717) is 25.7 Å². The molecule has 0 unspecified atom stereocenters. The second kappa shape index (κ2) is 22.8. The SMILES string of the molecule is C.Cn1c(=O)n(CC(=O)O)c(=O)c2c1nc(Oc1cccc(OC(F)(F)F)c1)n2Cc1ccc(Cl)cc1.Cn1c(=O)n(CC(=O)OC(C)(C)C)c(=O)c2c1nc(Oc1cccc(OC(F)(F)F)c1)n2Cc1ccc(Cl)cc1. The molecule has 0 radical (unpaired) electrons. The maximum absolute atomic E-state index is 13.6. The van der Waals surface area contributed by atoms with Crippen LogP contribution in [0.1, 0.15) is 39.3 Å². The molecule has 4 aromatic heterocycles. The first-order valence-corrected chi connectivity index (χ1v) is 22.7. The van der Waals surface area contributed by atoms with Crippen LogP contribution in [0, 0.1) is 0 Å². The number of aromatic nitrogens is 8. The van der Waals surface area contributed by atoms with Crippen molar-refractivity contribution in [2.45, 2.75) is 72.7 Å². The Morgan fingerprint density at radius 2 is 0.935 bits per heavy atom. The molecule has 28 heteroatoms. The average molecular weight is 1120 g/mol. The monoisotopic (exact) mass is 1120 g/mol. The number of aliphatic carboxylic acids is 1. The van der Waals surface area contributed by atoms with E-state index in [-0.39, 0.29) is 66.4 Å². The van der Waals surface area contributed by atoms with Crippen molar-refractivity contribution >= 4 is 57.5 Å². The molecule has 8 rings (SSSR count). The fourth-order valence-electron chi connectivity index (χ4n) is 7.29. The number of alkyl halides is 6. The third-order valence-electron chi connectivity index (χ3n) is 10.4. The summed E-state index contributed by atoms with van der Waals surface area (Å²) in [6.45, 7) is 3.37. The molecule has 0 spiro atoms. The molecule has 20 nitrogen and oxygen atoms in total. The molecular formula is C49H44Cl2F6N8O12. The van der Waals surface area contributed by atoms with Crippen molar-refractivity contribution in [3.8, 4) is 35.0 Å². The molecule has 0 aliphatic rings. The lowest BCUT2D eigenvalue weighted by Crippen LogP contribution is -2.42. The van der Waals surface area contributed by atoms with Crippen LogP contribution in [0.3, 0.4) is 0 Å². The Hall–Kier alpha value is -8.52. The van der Waals surface area contributed by atoms with Gasteiger partial charge in [0.25, 0.3) is 11.1 Å². The number of halogens is 8. The lowest BCUT2D eigenvalue weighted by molar-refractivity contribution is -0.275. The molecule has 1 N–H and O–H groups in total. The van der Waals surface area contributed by atoms with Crippen LogP contribution < -0.4 is 41.4 Å². The van der Waals surface area contributed by atoms with E-state index in [1.54, 1.807) is 69.3 Å². The number of aryl methyl sites for hydroxylation is 2. The van der Waals surface area contributed by atoms with Gasteiger partial charge in [0.05, 0.1) is 13.1 Å². The third kappa shape index (κ3) is 14.3. The van der Waals surface area contributed by atoms with Gasteiger partial charge in [-0.25, -0.2) is 18.7 Å². The van der Waals surface area contributed by atoms with Crippen LogP contribution in [-0.2, 0) is 54.6 Å². The van der Waals surface area contributed by atoms with Gasteiger partial charge >= 0.3 is 48.1 Å². The number of hydrogen-bond donors (Lipinski definition) is 1. The number of carboxylic acids is 1. The maximum atomic E-state index is 13.6. The number of benzene rings is 4. The van der Waals surface area contributed by atoms with Crippen LogP contribution >= 0.6 is 23.2 Å². The van der Waals surface area contributed by atoms with Gasteiger partial charge in [-0.05, 0) is 80.4 Å². The van der Waals surface area contributed by atoms with Crippen molar-refractivity contribution in [1.29, 1.82) is 0 Å². The van der Waals surface area contributed by atoms with Crippen molar-refractivity contribution < 1.29 is 64.7 Å². The Balaban J connectivity index is 0.000000248. The van der Waals surface area contributed by atoms with Gasteiger partial charge in [-0.15, -0.1) is 26.3 Å². The normalized spacial score (nSPS) is 11.6. The number of fused-ring (bicyclic) bond motifs is 2. The number of carbonyl (C=O) groups is 2. The van der Waals surface area contributed by atoms with E-state index in [0.717, 1.165) is 38.0 Å². The summed E-state index contributed by atoms with van der Waals surface area (Å²) < 4.78 is 107. The second-order valence-electron chi connectivity index (χ2n) is 17.3. The predicted molar refractivity (Wildman–Crippen MR) is 266 cm³/mol. The van der Waals surface area contributed by atoms with Crippen LogP contribution in [0.5, 0.6) is 35.0 Å². The van der Waals surface area contributed by atoms with Gasteiger partial charge in [0.2, 0.25) is 0 Å². The molecule has 408 valence electrons. The van der Waals surface area contributed by atoms with Gasteiger partial charge in [0, 0.05) is 36.3 Å². The highest BCUT2D eigenvalue weighted by molar-refractivity contribution is 6.30. The molecule has 0 bridgehead atoms. The summed E-state index contributed by atoms with van der Waals surface area (Å²) in [6.07, 6.45) is -9.84. The summed E-state index contributed by atoms with van der Waals surface area (Å²) in [4.78, 5) is 84.7. The van der Waals surface area contributed by atoms with Crippen molar-refractivity contribution in [3.63, 3.8) is 0 Å². The summed E-state index contributed by atoms with van der Waals surface area (Å²) in [6, 6.07) is 22.1. The number of imidazole rings is 2. The highest BCUT2D eigenvalue weighted by atomic mass is 35.5. The van der Waals surface area contributed by atoms with E-state index in [4.69, 9.17) is 42.5 Å². The van der Waals surface area contributed by atoms with Crippen LogP contribution in [0.25, 0.3) is 22.3 Å². The predicted octanol–water partition coefficient (Wildman–Crippen LogP) is 8.64. The van der Waals surface area contributed by atoms with E-state index in [1.165, 1.54) is 47.5 Å². The molecule has 77 heavy (non-hydrogen) atoms. The number of carbonyl (C=O) groups excluding carboxylic acids is 1. The van der Waals surface area contributed by atoms with Gasteiger partial charge in [0.1, 0.15) is 41.7 Å². The summed E-state index contributed by atoms with van der Waals surface area (Å²) in [5, 5.41) is 10.1. The minimum Gasteiger partial charge on any atom is -0.480 e. The Labute approximate surface area is 439 Å². The number of ether oxygens (including phenoxy) is 5. The quantitative estimate of drug-likeness (QED) is 0.0795. The van der Waals surface area contributed by atoms with Gasteiger partial charge in [-0.2, -0.15) is 9.97 Å². The number of esters is 1. The van der Waals surface area contributed by atoms with Gasteiger partial charge in [-0.3, -0.25) is 37.4 Å². The van der Waals surface area contributed by atoms with E-state index < -0.39 is 77.4 Å². The van der Waals surface area contributed by atoms with Crippen LogP contribution in [0.2, 0.25) is 10.0 Å². The Bertz CT molecular complexity index is 3750. The van der Waals surface area contributed by atoms with Crippen molar-refractivity contribution in [2.75, 3.05) is 0 Å². The zero-order valence-electron chi connectivity index (χ0n) is 40.1. The minimum absolute atomic E-state index is 0. The highest BCUT2D eigenvalue weighted by Gasteiger charge is 2.33. The smallest absolute Gasteiger partial charge is 0.480 e. The molecule has 8 aromatic rings. The first-order chi connectivity index (χ1) is 35.5. The van der Waals surface area contributed by atoms with E-state index >= 15 is 0 Å². The topological polar surface area (TPSA) is 224 Å². The minimum atomic E-state index is -4.92. The van der Waals surface area contributed by atoms with Crippen LogP contribution in [0.4, 0.5) is 26.3 Å². The number of nitrogens with zero attached hydrogens (tertiary/aromatic N) is 8. The summed E-state index contributed by atoms with van der Waals surface area (Å²) in [5.74, 6) is -3.45. The van der Waals surface area contributed by atoms with Gasteiger partial charge in [0.15, 0.2) is 22.3 Å². The van der Waals surface area contributed by atoms with Gasteiger partial charge < -0.3 is 28.8 Å². The lowest BCUT2D eigenvalue weighted by Gasteiger charge is -2.19. The van der Waals surface area contributed by atoms with Crippen molar-refractivity contribution in [3.05, 3.63) is 160 Å². The van der Waals surface area contributed by atoms with E-state index in [9.17, 15) is 55.1 Å². The molecule has 0 saturated carbocycles. The van der Waals surface area contributed by atoms with Gasteiger partial charge in [-0.1, -0.05) is 67.0 Å². The fraction of sp³-hybridized carbons (Fsp3) is 0.265. The third-order valence-corrected chi connectivity index (χ3v) is 10.9. The summed E-state index contributed by atoms with van der Waals surface area (Å²) in [5.41, 5.74) is -3.48. The van der Waals surface area contributed by atoms with Crippen molar-refractivity contribution in [1.82, 2.24) is 37.4 Å². The van der Waals surface area contributed by atoms with Crippen LogP contribution in [-0.4, -0.2) is 72.7 Å². The van der Waals surface area contributed by atoms with E-state index in [1.807, 2.05) is 0 Å². The van der Waals surface area contributed by atoms with Crippen molar-refractivity contribution in [2.24, 2.45) is 14.1 Å². The molecule has 0 atom stereocenters. The summed E-state index contributed by atoms with van der Waals surface area (Å²) >= 11 is 11.9. The molecule has 4 aromatic carbocycles. The zero-order chi connectivity index (χ0) is 55.6. The Morgan fingerprint density at radius 3 is 1.29 bits per heavy atom. The lowest BCUT2D eigenvalue weighted by atomic mass is 10.2. The highest BCUT2D eigenvalue weighted by Crippen LogP contribution is 2.32. The Morgan fingerprint density at radius 1 is 0.571 bits per heavy atom. The number of carboxylic acid groups (broad SMARTS) is 1. The first kappa shape index (κ1) is 57.8. The van der Waals surface area contributed by atoms with Crippen LogP contribution in [0.15, 0.2) is 116 Å². The molecule has 0 fully saturated rings. The first-order valence-electron chi connectivity index (χ1n) is 21.9. The molecule has 4 heterocycles. The largest absolute Gasteiger partial charge is 0.573 e. The maximum Gasteiger partial charge on any atom is 0.573 e. The molecule has 0 saturated heterocycles. The molecular weight excluding hydrogens is 1080 g/mol.